The monoisotopic (exact) mass is 408 g/mol. The van der Waals surface area contributed by atoms with E-state index in [4.69, 9.17) is 0 Å². The van der Waals surface area contributed by atoms with Gasteiger partial charge in [-0.25, -0.2) is 8.42 Å². The minimum absolute atomic E-state index is 0.235. The quantitative estimate of drug-likeness (QED) is 0.779. The van der Waals surface area contributed by atoms with Gasteiger partial charge in [-0.15, -0.1) is 0 Å². The molecule has 0 saturated carbocycles. The Balaban J connectivity index is 1.68. The van der Waals surface area contributed by atoms with Crippen LogP contribution in [0.4, 0.5) is 14.5 Å². The first kappa shape index (κ1) is 20.3. The summed E-state index contributed by atoms with van der Waals surface area (Å²) >= 11 is 0. The molecule has 0 spiro atoms. The Morgan fingerprint density at radius 2 is 1.57 bits per heavy atom. The lowest BCUT2D eigenvalue weighted by molar-refractivity contribution is 0.0746. The van der Waals surface area contributed by atoms with E-state index in [0.717, 1.165) is 17.8 Å². The summed E-state index contributed by atoms with van der Waals surface area (Å²) in [5, 5.41) is 0. The lowest BCUT2D eigenvalue weighted by Crippen LogP contribution is -2.49. The number of hydrogen-bond donors (Lipinski definition) is 0. The zero-order chi connectivity index (χ0) is 20.5. The number of halogens is 2. The Labute approximate surface area is 163 Å². The van der Waals surface area contributed by atoms with Gasteiger partial charge in [-0.05, 0) is 55.3 Å². The number of sulfone groups is 1. The van der Waals surface area contributed by atoms with Crippen LogP contribution >= 0.6 is 0 Å². The van der Waals surface area contributed by atoms with Crippen LogP contribution in [-0.4, -0.2) is 51.2 Å². The molecule has 0 aliphatic carbocycles. The highest BCUT2D eigenvalue weighted by atomic mass is 32.2. The normalized spacial score (nSPS) is 15.2. The first-order valence-electron chi connectivity index (χ1n) is 8.94. The second kappa shape index (κ2) is 7.87. The van der Waals surface area contributed by atoms with Crippen LogP contribution in [0.25, 0.3) is 0 Å². The van der Waals surface area contributed by atoms with Crippen LogP contribution in [0.3, 0.4) is 0 Å². The Morgan fingerprint density at radius 1 is 0.964 bits per heavy atom. The Hall–Kier alpha value is -2.48. The van der Waals surface area contributed by atoms with Crippen molar-refractivity contribution in [1.29, 1.82) is 0 Å². The molecule has 1 aliphatic heterocycles. The molecule has 28 heavy (non-hydrogen) atoms. The summed E-state index contributed by atoms with van der Waals surface area (Å²) in [6.07, 6.45) is 0. The third-order valence-corrected chi connectivity index (χ3v) is 6.55. The highest BCUT2D eigenvalue weighted by molar-refractivity contribution is 7.91. The molecule has 1 aliphatic rings. The summed E-state index contributed by atoms with van der Waals surface area (Å²) in [5.74, 6) is -3.71. The van der Waals surface area contributed by atoms with Gasteiger partial charge in [0.1, 0.15) is 0 Å². The van der Waals surface area contributed by atoms with Gasteiger partial charge in [0.05, 0.1) is 4.90 Å². The molecule has 0 bridgehead atoms. The van der Waals surface area contributed by atoms with E-state index in [0.29, 0.717) is 26.2 Å². The van der Waals surface area contributed by atoms with Gasteiger partial charge < -0.3 is 9.80 Å². The van der Waals surface area contributed by atoms with Gasteiger partial charge >= 0.3 is 5.76 Å². The van der Waals surface area contributed by atoms with Gasteiger partial charge in [-0.3, -0.25) is 4.79 Å². The zero-order valence-electron chi connectivity index (χ0n) is 15.7. The lowest BCUT2D eigenvalue weighted by atomic mass is 10.1. The number of hydrogen-bond acceptors (Lipinski definition) is 4. The van der Waals surface area contributed by atoms with Crippen molar-refractivity contribution in [3.05, 3.63) is 59.2 Å². The van der Waals surface area contributed by atoms with Gasteiger partial charge in [0, 0.05) is 37.4 Å². The lowest BCUT2D eigenvalue weighted by Gasteiger charge is -2.37. The summed E-state index contributed by atoms with van der Waals surface area (Å²) < 4.78 is 48.2. The second-order valence-electron chi connectivity index (χ2n) is 6.83. The third-order valence-electron chi connectivity index (χ3n) is 5.15. The molecule has 8 heteroatoms. The van der Waals surface area contributed by atoms with Crippen LogP contribution in [0.5, 0.6) is 0 Å². The molecule has 5 nitrogen and oxygen atoms in total. The molecule has 0 unspecified atom stereocenters. The number of rotatable bonds is 4. The summed E-state index contributed by atoms with van der Waals surface area (Å²) in [6, 6.07) is 10.8. The summed E-state index contributed by atoms with van der Waals surface area (Å²) in [7, 11) is -4.65. The minimum Gasteiger partial charge on any atom is -0.368 e. The maximum atomic E-state index is 12.7. The highest BCUT2D eigenvalue weighted by Gasteiger charge is 2.27. The smallest absolute Gasteiger partial charge is 0.341 e. The van der Waals surface area contributed by atoms with Crippen molar-refractivity contribution < 1.29 is 22.0 Å². The van der Waals surface area contributed by atoms with Gasteiger partial charge in [0.25, 0.3) is 5.91 Å². The van der Waals surface area contributed by atoms with Crippen LogP contribution in [0.1, 0.15) is 21.5 Å². The Kier molecular flexibility index (Phi) is 5.69. The molecule has 0 N–H and O–H groups in total. The molecule has 2 aromatic carbocycles. The third kappa shape index (κ3) is 3.87. The molecule has 150 valence electrons. The Bertz CT molecular complexity index is 967. The van der Waals surface area contributed by atoms with E-state index in [1.807, 2.05) is 6.07 Å². The maximum Gasteiger partial charge on any atom is 0.341 e. The fraction of sp³-hybridized carbons (Fsp3) is 0.350. The number of carbonyl (C=O) groups excluding carboxylic acids is 1. The predicted molar refractivity (Wildman–Crippen MR) is 104 cm³/mol. The first-order valence-corrected chi connectivity index (χ1v) is 10.5. The number of amides is 1. The Morgan fingerprint density at radius 3 is 2.14 bits per heavy atom. The van der Waals surface area contributed by atoms with E-state index in [2.05, 4.69) is 30.9 Å². The van der Waals surface area contributed by atoms with E-state index >= 15 is 0 Å². The van der Waals surface area contributed by atoms with Crippen LogP contribution in [-0.2, 0) is 9.84 Å². The van der Waals surface area contributed by atoms with Gasteiger partial charge in [-0.1, -0.05) is 12.1 Å². The van der Waals surface area contributed by atoms with Crippen molar-refractivity contribution in [2.75, 3.05) is 31.1 Å². The molecule has 0 atom stereocenters. The molecule has 1 amide bonds. The highest BCUT2D eigenvalue weighted by Crippen LogP contribution is 2.24. The fourth-order valence-electron chi connectivity index (χ4n) is 3.30. The zero-order valence-corrected chi connectivity index (χ0v) is 16.5. The number of nitrogens with zero attached hydrogens (tertiary/aromatic N) is 2. The standard InChI is InChI=1S/C20H22F2N2O3S/c1-14-4-3-5-18(15(14)2)23-10-12-24(13-11-23)19(25)16-6-8-17(9-7-16)28(26,27)20(21)22/h3-9,20H,10-13H2,1-2H3. The number of aryl methyl sites for hydroxylation is 1. The second-order valence-corrected chi connectivity index (χ2v) is 8.75. The maximum absolute atomic E-state index is 12.7. The molecule has 1 fully saturated rings. The van der Waals surface area contributed by atoms with Crippen molar-refractivity contribution in [2.45, 2.75) is 24.5 Å². The number of carbonyl (C=O) groups is 1. The van der Waals surface area contributed by atoms with Gasteiger partial charge in [0.2, 0.25) is 9.84 Å². The minimum atomic E-state index is -4.65. The van der Waals surface area contributed by atoms with Crippen molar-refractivity contribution in [1.82, 2.24) is 4.90 Å². The van der Waals surface area contributed by atoms with Crippen LogP contribution in [0, 0.1) is 13.8 Å². The first-order chi connectivity index (χ1) is 13.2. The van der Waals surface area contributed by atoms with E-state index < -0.39 is 20.5 Å². The van der Waals surface area contributed by atoms with Crippen LogP contribution in [0.15, 0.2) is 47.4 Å². The van der Waals surface area contributed by atoms with Crippen molar-refractivity contribution in [2.24, 2.45) is 0 Å². The van der Waals surface area contributed by atoms with E-state index in [9.17, 15) is 22.0 Å². The van der Waals surface area contributed by atoms with E-state index in [1.54, 1.807) is 4.90 Å². The topological polar surface area (TPSA) is 57.7 Å². The number of anilines is 1. The van der Waals surface area contributed by atoms with Crippen molar-refractivity contribution in [3.8, 4) is 0 Å². The predicted octanol–water partition coefficient (Wildman–Crippen LogP) is 3.26. The molecule has 0 aromatic heterocycles. The average molecular weight is 408 g/mol. The fourth-order valence-corrected chi connectivity index (χ4v) is 4.02. The molecule has 1 heterocycles. The number of piperazine rings is 1. The summed E-state index contributed by atoms with van der Waals surface area (Å²) in [6.45, 7) is 6.59. The van der Waals surface area contributed by atoms with Crippen LogP contribution in [0.2, 0.25) is 0 Å². The van der Waals surface area contributed by atoms with E-state index in [-0.39, 0.29) is 11.5 Å². The molecular weight excluding hydrogens is 386 g/mol. The largest absolute Gasteiger partial charge is 0.368 e. The molecule has 1 saturated heterocycles. The number of alkyl halides is 2. The van der Waals surface area contributed by atoms with Gasteiger partial charge in [-0.2, -0.15) is 8.78 Å². The molecular formula is C20H22F2N2O3S. The van der Waals surface area contributed by atoms with Crippen molar-refractivity contribution in [3.63, 3.8) is 0 Å². The summed E-state index contributed by atoms with van der Waals surface area (Å²) in [5.41, 5.74) is 3.88. The number of benzene rings is 2. The summed E-state index contributed by atoms with van der Waals surface area (Å²) in [4.78, 5) is 16.1. The SMILES string of the molecule is Cc1cccc(N2CCN(C(=O)c3ccc(S(=O)(=O)C(F)F)cc3)CC2)c1C. The molecule has 2 aromatic rings. The van der Waals surface area contributed by atoms with Crippen LogP contribution < -0.4 is 4.90 Å². The van der Waals surface area contributed by atoms with Gasteiger partial charge in [0.15, 0.2) is 0 Å². The molecule has 0 radical (unpaired) electrons. The van der Waals surface area contributed by atoms with E-state index in [1.165, 1.54) is 23.3 Å². The molecule has 3 rings (SSSR count). The average Bonchev–Trinajstić information content (AvgIpc) is 2.69. The van der Waals surface area contributed by atoms with Crippen molar-refractivity contribution >= 4 is 21.4 Å².